The minimum absolute atomic E-state index is 0.0428. The number of amides is 1. The number of nitrogens with zero attached hydrogens (tertiary/aromatic N) is 4. The number of hydrogen-bond donors (Lipinski definition) is 0. The summed E-state index contributed by atoms with van der Waals surface area (Å²) < 4.78 is 7.97. The molecule has 4 rings (SSSR count). The lowest BCUT2D eigenvalue weighted by Gasteiger charge is -2.39. The highest BCUT2D eigenvalue weighted by molar-refractivity contribution is 5.92. The molecule has 0 aliphatic carbocycles. The van der Waals surface area contributed by atoms with Gasteiger partial charge in [-0.25, -0.2) is 0 Å². The molecule has 0 bridgehead atoms. The van der Waals surface area contributed by atoms with Crippen molar-refractivity contribution in [1.82, 2.24) is 19.6 Å². The molecule has 1 aromatic rings. The van der Waals surface area contributed by atoms with Gasteiger partial charge in [0.05, 0.1) is 18.8 Å². The van der Waals surface area contributed by atoms with Crippen LogP contribution in [-0.4, -0.2) is 70.4 Å². The molecule has 6 nitrogen and oxygen atoms in total. The lowest BCUT2D eigenvalue weighted by molar-refractivity contribution is -0.0451. The summed E-state index contributed by atoms with van der Waals surface area (Å²) in [5.74, 6) is 0.661. The quantitative estimate of drug-likeness (QED) is 0.842. The van der Waals surface area contributed by atoms with E-state index in [9.17, 15) is 4.79 Å². The van der Waals surface area contributed by atoms with Crippen molar-refractivity contribution in [2.75, 3.05) is 39.3 Å². The fourth-order valence-electron chi connectivity index (χ4n) is 4.63. The first-order chi connectivity index (χ1) is 11.6. The molecular weight excluding hydrogens is 304 g/mol. The highest BCUT2D eigenvalue weighted by Gasteiger charge is 2.45. The molecular formula is C18H28N4O2. The van der Waals surface area contributed by atoms with Gasteiger partial charge >= 0.3 is 0 Å². The van der Waals surface area contributed by atoms with E-state index >= 15 is 0 Å². The van der Waals surface area contributed by atoms with E-state index in [1.807, 2.05) is 18.1 Å². The van der Waals surface area contributed by atoms with Gasteiger partial charge in [0, 0.05) is 26.3 Å². The van der Waals surface area contributed by atoms with Gasteiger partial charge in [-0.05, 0) is 57.2 Å². The predicted molar refractivity (Wildman–Crippen MR) is 90.8 cm³/mol. The van der Waals surface area contributed by atoms with E-state index in [-0.39, 0.29) is 11.5 Å². The summed E-state index contributed by atoms with van der Waals surface area (Å²) in [6.45, 7) is 6.04. The van der Waals surface area contributed by atoms with Gasteiger partial charge in [0.2, 0.25) is 0 Å². The van der Waals surface area contributed by atoms with Crippen LogP contribution in [0, 0.1) is 5.92 Å². The summed E-state index contributed by atoms with van der Waals surface area (Å²) in [5, 5.41) is 4.26. The van der Waals surface area contributed by atoms with Crippen LogP contribution in [0.4, 0.5) is 0 Å². The maximum atomic E-state index is 12.7. The van der Waals surface area contributed by atoms with Crippen LogP contribution < -0.4 is 0 Å². The summed E-state index contributed by atoms with van der Waals surface area (Å²) in [7, 11) is 1.84. The molecule has 3 fully saturated rings. The molecule has 4 heterocycles. The molecule has 2 unspecified atom stereocenters. The second-order valence-corrected chi connectivity index (χ2v) is 7.78. The number of carbonyl (C=O) groups is 1. The Kier molecular flexibility index (Phi) is 4.35. The van der Waals surface area contributed by atoms with Crippen molar-refractivity contribution in [3.8, 4) is 0 Å². The highest BCUT2D eigenvalue weighted by atomic mass is 16.5. The fourth-order valence-corrected chi connectivity index (χ4v) is 4.63. The molecule has 0 aromatic carbocycles. The Morgan fingerprint density at radius 1 is 1.33 bits per heavy atom. The van der Waals surface area contributed by atoms with Gasteiger partial charge < -0.3 is 14.5 Å². The molecule has 1 spiro atoms. The number of piperidine rings is 1. The Labute approximate surface area is 143 Å². The topological polar surface area (TPSA) is 50.6 Å². The molecule has 2 atom stereocenters. The molecule has 3 saturated heterocycles. The first-order valence-corrected chi connectivity index (χ1v) is 9.29. The Morgan fingerprint density at radius 3 is 2.92 bits per heavy atom. The van der Waals surface area contributed by atoms with Crippen LogP contribution in [0.5, 0.6) is 0 Å². The largest absolute Gasteiger partial charge is 0.373 e. The van der Waals surface area contributed by atoms with Gasteiger partial charge in [-0.1, -0.05) is 0 Å². The van der Waals surface area contributed by atoms with Crippen LogP contribution >= 0.6 is 0 Å². The maximum Gasteiger partial charge on any atom is 0.274 e. The first kappa shape index (κ1) is 16.1. The van der Waals surface area contributed by atoms with Crippen LogP contribution in [0.25, 0.3) is 0 Å². The SMILES string of the molecule is Cn1ccc(C(=O)N2CCCC3(CC(CN4CCCC4)CO3)C2)n1. The third-order valence-electron chi connectivity index (χ3n) is 5.76. The van der Waals surface area contributed by atoms with E-state index in [4.69, 9.17) is 4.74 Å². The highest BCUT2D eigenvalue weighted by Crippen LogP contribution is 2.38. The Morgan fingerprint density at radius 2 is 2.17 bits per heavy atom. The molecule has 0 N–H and O–H groups in total. The molecule has 1 amide bonds. The number of aryl methyl sites for hydroxylation is 1. The zero-order valence-corrected chi connectivity index (χ0v) is 14.6. The number of rotatable bonds is 3. The van der Waals surface area contributed by atoms with Crippen molar-refractivity contribution in [2.24, 2.45) is 13.0 Å². The molecule has 6 heteroatoms. The van der Waals surface area contributed by atoms with Gasteiger partial charge in [0.15, 0.2) is 0 Å². The molecule has 3 aliphatic rings. The van der Waals surface area contributed by atoms with Crippen LogP contribution in [0.1, 0.15) is 42.6 Å². The average molecular weight is 332 g/mol. The third-order valence-corrected chi connectivity index (χ3v) is 5.76. The van der Waals surface area contributed by atoms with Crippen molar-refractivity contribution in [1.29, 1.82) is 0 Å². The summed E-state index contributed by atoms with van der Waals surface area (Å²) in [6, 6.07) is 1.80. The molecule has 24 heavy (non-hydrogen) atoms. The lowest BCUT2D eigenvalue weighted by Crippen LogP contribution is -2.50. The monoisotopic (exact) mass is 332 g/mol. The van der Waals surface area contributed by atoms with Crippen LogP contribution in [0.15, 0.2) is 12.3 Å². The molecule has 0 radical (unpaired) electrons. The van der Waals surface area contributed by atoms with Crippen molar-refractivity contribution < 1.29 is 9.53 Å². The Hall–Kier alpha value is -1.40. The van der Waals surface area contributed by atoms with Gasteiger partial charge in [-0.15, -0.1) is 0 Å². The smallest absolute Gasteiger partial charge is 0.274 e. The molecule has 1 aromatic heterocycles. The normalized spacial score (nSPS) is 31.2. The molecule has 0 saturated carbocycles. The maximum absolute atomic E-state index is 12.7. The van der Waals surface area contributed by atoms with E-state index in [0.29, 0.717) is 11.6 Å². The van der Waals surface area contributed by atoms with Crippen molar-refractivity contribution >= 4 is 5.91 Å². The molecule has 3 aliphatic heterocycles. The van der Waals surface area contributed by atoms with E-state index in [0.717, 1.165) is 45.5 Å². The number of aromatic nitrogens is 2. The van der Waals surface area contributed by atoms with E-state index < -0.39 is 0 Å². The van der Waals surface area contributed by atoms with Crippen molar-refractivity contribution in [2.45, 2.75) is 37.7 Å². The minimum Gasteiger partial charge on any atom is -0.373 e. The van der Waals surface area contributed by atoms with E-state index in [1.54, 1.807) is 10.7 Å². The predicted octanol–water partition coefficient (Wildman–Crippen LogP) is 1.53. The second kappa shape index (κ2) is 6.48. The fraction of sp³-hybridized carbons (Fsp3) is 0.778. The Balaban J connectivity index is 1.38. The van der Waals surface area contributed by atoms with E-state index in [1.165, 1.54) is 25.9 Å². The first-order valence-electron chi connectivity index (χ1n) is 9.29. The number of likely N-dealkylation sites (tertiary alicyclic amines) is 2. The van der Waals surface area contributed by atoms with E-state index in [2.05, 4.69) is 10.00 Å². The number of ether oxygens (including phenoxy) is 1. The summed E-state index contributed by atoms with van der Waals surface area (Å²) in [5.41, 5.74) is 0.425. The van der Waals surface area contributed by atoms with Gasteiger partial charge in [-0.3, -0.25) is 9.48 Å². The summed E-state index contributed by atoms with van der Waals surface area (Å²) in [4.78, 5) is 17.2. The molecule has 132 valence electrons. The van der Waals surface area contributed by atoms with Crippen LogP contribution in [0.3, 0.4) is 0 Å². The standard InChI is InChI=1S/C18H28N4O2/c1-20-10-5-16(19-20)17(23)22-9-4-6-18(14-22)11-15(13-24-18)12-21-7-2-3-8-21/h5,10,15H,2-4,6-9,11-14H2,1H3. The zero-order chi connectivity index (χ0) is 16.6. The minimum atomic E-state index is -0.118. The van der Waals surface area contributed by atoms with Gasteiger partial charge in [0.1, 0.15) is 5.69 Å². The zero-order valence-electron chi connectivity index (χ0n) is 14.6. The van der Waals surface area contributed by atoms with Crippen LogP contribution in [-0.2, 0) is 11.8 Å². The van der Waals surface area contributed by atoms with Crippen LogP contribution in [0.2, 0.25) is 0 Å². The average Bonchev–Trinajstić information content (AvgIpc) is 3.30. The Bertz CT molecular complexity index is 596. The van der Waals surface area contributed by atoms with Crippen molar-refractivity contribution in [3.05, 3.63) is 18.0 Å². The number of hydrogen-bond acceptors (Lipinski definition) is 4. The lowest BCUT2D eigenvalue weighted by atomic mass is 9.86. The summed E-state index contributed by atoms with van der Waals surface area (Å²) >= 11 is 0. The van der Waals surface area contributed by atoms with Crippen molar-refractivity contribution in [3.63, 3.8) is 0 Å². The second-order valence-electron chi connectivity index (χ2n) is 7.78. The summed E-state index contributed by atoms with van der Waals surface area (Å²) in [6.07, 6.45) is 7.70. The number of carbonyl (C=O) groups excluding carboxylic acids is 1. The van der Waals surface area contributed by atoms with Gasteiger partial charge in [0.25, 0.3) is 5.91 Å². The van der Waals surface area contributed by atoms with Gasteiger partial charge in [-0.2, -0.15) is 5.10 Å². The third kappa shape index (κ3) is 3.22.